The standard InChI is InChI=1S/C22H38BN3O5/c1-8-22(11-13-24(15-22)18(28)30-20(2,3)4)26(19(29)31-21(5,6)7)14-17(27)25-12-9-10-16(25)23/h16H,8-15H2,1-7H3/t16-,22-/m0/s1. The van der Waals surface area contributed by atoms with Crippen molar-refractivity contribution in [3.63, 3.8) is 0 Å². The van der Waals surface area contributed by atoms with Crippen molar-refractivity contribution in [2.24, 2.45) is 0 Å². The summed E-state index contributed by atoms with van der Waals surface area (Å²) >= 11 is 0. The van der Waals surface area contributed by atoms with Gasteiger partial charge in [0.05, 0.1) is 13.4 Å². The first-order valence-electron chi connectivity index (χ1n) is 11.2. The molecular weight excluding hydrogens is 397 g/mol. The van der Waals surface area contributed by atoms with Gasteiger partial charge >= 0.3 is 12.2 Å². The Balaban J connectivity index is 2.26. The zero-order valence-electron chi connectivity index (χ0n) is 20.2. The Hall–Kier alpha value is -1.93. The number of likely N-dealkylation sites (tertiary alicyclic amines) is 2. The number of carbonyl (C=O) groups excluding carboxylic acids is 3. The van der Waals surface area contributed by atoms with E-state index >= 15 is 0 Å². The highest BCUT2D eigenvalue weighted by Gasteiger charge is 2.48. The number of amides is 3. The summed E-state index contributed by atoms with van der Waals surface area (Å²) < 4.78 is 11.2. The average molecular weight is 435 g/mol. The molecule has 2 fully saturated rings. The molecule has 2 saturated heterocycles. The molecule has 0 aromatic carbocycles. The number of carbonyl (C=O) groups is 3. The zero-order valence-corrected chi connectivity index (χ0v) is 20.2. The monoisotopic (exact) mass is 435 g/mol. The second-order valence-electron chi connectivity index (χ2n) is 10.6. The van der Waals surface area contributed by atoms with Gasteiger partial charge in [-0.25, -0.2) is 9.59 Å². The second kappa shape index (κ2) is 9.29. The Kier molecular flexibility index (Phi) is 7.59. The first-order valence-corrected chi connectivity index (χ1v) is 11.2. The van der Waals surface area contributed by atoms with E-state index < -0.39 is 28.9 Å². The molecule has 31 heavy (non-hydrogen) atoms. The fraction of sp³-hybridized carbons (Fsp3) is 0.864. The highest BCUT2D eigenvalue weighted by atomic mass is 16.6. The van der Waals surface area contributed by atoms with Crippen LogP contribution in [-0.4, -0.2) is 89.5 Å². The lowest BCUT2D eigenvalue weighted by Gasteiger charge is -2.41. The molecule has 0 saturated carbocycles. The van der Waals surface area contributed by atoms with Crippen LogP contribution in [0.15, 0.2) is 0 Å². The summed E-state index contributed by atoms with van der Waals surface area (Å²) in [6, 6.07) is 0. The molecule has 0 unspecified atom stereocenters. The van der Waals surface area contributed by atoms with E-state index in [1.54, 1.807) is 30.6 Å². The minimum Gasteiger partial charge on any atom is -0.444 e. The molecule has 3 amide bonds. The first-order chi connectivity index (χ1) is 14.2. The highest BCUT2D eigenvalue weighted by molar-refractivity contribution is 6.13. The summed E-state index contributed by atoms with van der Waals surface area (Å²) in [6.45, 7) is 14.0. The van der Waals surface area contributed by atoms with Gasteiger partial charge in [-0.05, 0) is 73.2 Å². The minimum absolute atomic E-state index is 0.126. The minimum atomic E-state index is -0.710. The summed E-state index contributed by atoms with van der Waals surface area (Å²) in [6.07, 6.45) is 1.75. The van der Waals surface area contributed by atoms with E-state index in [0.717, 1.165) is 12.8 Å². The van der Waals surface area contributed by atoms with E-state index in [4.69, 9.17) is 17.3 Å². The van der Waals surface area contributed by atoms with Crippen LogP contribution in [-0.2, 0) is 14.3 Å². The molecule has 2 atom stereocenters. The maximum Gasteiger partial charge on any atom is 0.411 e. The van der Waals surface area contributed by atoms with Crippen LogP contribution >= 0.6 is 0 Å². The van der Waals surface area contributed by atoms with Gasteiger partial charge in [0.1, 0.15) is 17.7 Å². The summed E-state index contributed by atoms with van der Waals surface area (Å²) in [5.74, 6) is -0.521. The van der Waals surface area contributed by atoms with E-state index in [0.29, 0.717) is 25.9 Å². The van der Waals surface area contributed by atoms with Gasteiger partial charge in [0.2, 0.25) is 5.91 Å². The van der Waals surface area contributed by atoms with Crippen molar-refractivity contribution in [3.8, 4) is 0 Å². The number of rotatable bonds is 4. The van der Waals surface area contributed by atoms with Crippen molar-refractivity contribution in [3.05, 3.63) is 0 Å². The largest absolute Gasteiger partial charge is 0.444 e. The maximum atomic E-state index is 13.2. The Morgan fingerprint density at radius 1 is 1.06 bits per heavy atom. The van der Waals surface area contributed by atoms with Crippen molar-refractivity contribution in [2.75, 3.05) is 26.2 Å². The maximum absolute atomic E-state index is 13.2. The lowest BCUT2D eigenvalue weighted by Crippen LogP contribution is -2.58. The van der Waals surface area contributed by atoms with Crippen LogP contribution in [0.2, 0.25) is 0 Å². The molecule has 0 aromatic rings. The van der Waals surface area contributed by atoms with Gasteiger partial charge in [-0.15, -0.1) is 0 Å². The fourth-order valence-corrected chi connectivity index (χ4v) is 4.11. The van der Waals surface area contributed by atoms with Crippen LogP contribution in [0.3, 0.4) is 0 Å². The molecule has 8 nitrogen and oxygen atoms in total. The van der Waals surface area contributed by atoms with Crippen LogP contribution in [0.4, 0.5) is 9.59 Å². The summed E-state index contributed by atoms with van der Waals surface area (Å²) in [4.78, 5) is 43.6. The predicted octanol–water partition coefficient (Wildman–Crippen LogP) is 3.13. The molecule has 2 heterocycles. The van der Waals surface area contributed by atoms with Gasteiger partial charge in [-0.2, -0.15) is 0 Å². The Morgan fingerprint density at radius 2 is 1.68 bits per heavy atom. The van der Waals surface area contributed by atoms with Gasteiger partial charge < -0.3 is 19.3 Å². The highest BCUT2D eigenvalue weighted by Crippen LogP contribution is 2.34. The van der Waals surface area contributed by atoms with E-state index in [9.17, 15) is 14.4 Å². The number of hydrogen-bond acceptors (Lipinski definition) is 5. The van der Waals surface area contributed by atoms with E-state index in [2.05, 4.69) is 0 Å². The van der Waals surface area contributed by atoms with E-state index in [1.165, 1.54) is 4.90 Å². The van der Waals surface area contributed by atoms with Gasteiger partial charge in [-0.3, -0.25) is 9.69 Å². The van der Waals surface area contributed by atoms with E-state index in [-0.39, 0.29) is 24.9 Å². The zero-order chi connectivity index (χ0) is 23.6. The van der Waals surface area contributed by atoms with Crippen LogP contribution in [0.5, 0.6) is 0 Å². The van der Waals surface area contributed by atoms with Crippen LogP contribution in [0.1, 0.15) is 74.1 Å². The lowest BCUT2D eigenvalue weighted by atomic mass is 9.92. The molecule has 0 N–H and O–H groups in total. The quantitative estimate of drug-likeness (QED) is 0.634. The molecule has 0 bridgehead atoms. The van der Waals surface area contributed by atoms with Gasteiger partial charge in [-0.1, -0.05) is 6.92 Å². The molecule has 2 radical (unpaired) electrons. The number of hydrogen-bond donors (Lipinski definition) is 0. The topological polar surface area (TPSA) is 79.4 Å². The van der Waals surface area contributed by atoms with Crippen molar-refractivity contribution in [1.82, 2.24) is 14.7 Å². The van der Waals surface area contributed by atoms with Crippen molar-refractivity contribution in [1.29, 1.82) is 0 Å². The molecule has 0 aliphatic carbocycles. The number of ether oxygens (including phenoxy) is 2. The third-order valence-corrected chi connectivity index (χ3v) is 5.74. The van der Waals surface area contributed by atoms with Crippen LogP contribution < -0.4 is 0 Å². The van der Waals surface area contributed by atoms with Crippen LogP contribution in [0.25, 0.3) is 0 Å². The summed E-state index contributed by atoms with van der Waals surface area (Å²) in [5, 5.41) is 0. The van der Waals surface area contributed by atoms with Crippen molar-refractivity contribution < 1.29 is 23.9 Å². The molecule has 2 aliphatic heterocycles. The number of nitrogens with zero attached hydrogens (tertiary/aromatic N) is 3. The Bertz CT molecular complexity index is 688. The molecular formula is C22H38BN3O5. The Labute approximate surface area is 188 Å². The molecule has 174 valence electrons. The van der Waals surface area contributed by atoms with Gasteiger partial charge in [0.15, 0.2) is 0 Å². The molecule has 9 heteroatoms. The van der Waals surface area contributed by atoms with Crippen LogP contribution in [0, 0.1) is 0 Å². The SMILES string of the molecule is [B][C@@H]1CCCN1C(=O)CN(C(=O)OC(C)(C)C)[C@@]1(CC)CCN(C(=O)OC(C)(C)C)C1. The van der Waals surface area contributed by atoms with Crippen molar-refractivity contribution >= 4 is 25.9 Å². The van der Waals surface area contributed by atoms with Crippen molar-refractivity contribution in [2.45, 2.75) is 96.8 Å². The fourth-order valence-electron chi connectivity index (χ4n) is 4.11. The van der Waals surface area contributed by atoms with Gasteiger partial charge in [0.25, 0.3) is 0 Å². The molecule has 0 spiro atoms. The molecule has 0 aromatic heterocycles. The third kappa shape index (κ3) is 6.53. The third-order valence-electron chi connectivity index (χ3n) is 5.74. The van der Waals surface area contributed by atoms with E-state index in [1.807, 2.05) is 27.7 Å². The normalized spacial score (nSPS) is 24.3. The predicted molar refractivity (Wildman–Crippen MR) is 119 cm³/mol. The first kappa shape index (κ1) is 25.3. The summed E-state index contributed by atoms with van der Waals surface area (Å²) in [5.41, 5.74) is -2.03. The summed E-state index contributed by atoms with van der Waals surface area (Å²) in [7, 11) is 6.07. The Morgan fingerprint density at radius 3 is 2.16 bits per heavy atom. The molecule has 2 rings (SSSR count). The average Bonchev–Trinajstić information content (AvgIpc) is 3.23. The van der Waals surface area contributed by atoms with Gasteiger partial charge in [0, 0.05) is 19.6 Å². The molecule has 2 aliphatic rings. The lowest BCUT2D eigenvalue weighted by molar-refractivity contribution is -0.133. The smallest absolute Gasteiger partial charge is 0.411 e. The second-order valence-corrected chi connectivity index (χ2v) is 10.6.